The number of alkyl halides is 3. The van der Waals surface area contributed by atoms with Crippen LogP contribution >= 0.6 is 11.8 Å². The second-order valence-corrected chi connectivity index (χ2v) is 11.2. The van der Waals surface area contributed by atoms with Crippen LogP contribution < -0.4 is 0 Å². The first kappa shape index (κ1) is 23.6. The fourth-order valence-electron chi connectivity index (χ4n) is 3.83. The smallest absolute Gasteiger partial charge is 0.341 e. The minimum Gasteiger partial charge on any atom is -0.341 e. The Hall–Kier alpha value is -2.53. The quantitative estimate of drug-likeness (QED) is 0.484. The Morgan fingerprint density at radius 3 is 2.58 bits per heavy atom. The Bertz CT molecular complexity index is 1270. The van der Waals surface area contributed by atoms with Gasteiger partial charge < -0.3 is 9.47 Å². The van der Waals surface area contributed by atoms with Crippen molar-refractivity contribution in [2.45, 2.75) is 30.3 Å². The van der Waals surface area contributed by atoms with Gasteiger partial charge in [0.2, 0.25) is 5.91 Å². The van der Waals surface area contributed by atoms with Crippen LogP contribution in [0.2, 0.25) is 0 Å². The SMILES string of the molecule is CN(C(=O)CSc1nc2cc(C(F)(F)F)ccc2n1Cc1ccccc1)C1CCS(=O)(=O)C1. The van der Waals surface area contributed by atoms with Crippen molar-refractivity contribution in [1.29, 1.82) is 0 Å². The molecule has 1 unspecified atom stereocenters. The number of fused-ring (bicyclic) bond motifs is 1. The average Bonchev–Trinajstić information content (AvgIpc) is 3.30. The molecule has 2 heterocycles. The molecule has 0 saturated carbocycles. The van der Waals surface area contributed by atoms with E-state index in [1.165, 1.54) is 11.0 Å². The summed E-state index contributed by atoms with van der Waals surface area (Å²) in [4.78, 5) is 18.6. The fourth-order valence-corrected chi connectivity index (χ4v) is 6.54. The van der Waals surface area contributed by atoms with Gasteiger partial charge in [-0.3, -0.25) is 4.79 Å². The lowest BCUT2D eigenvalue weighted by Gasteiger charge is -2.23. The summed E-state index contributed by atoms with van der Waals surface area (Å²) in [7, 11) is -1.54. The topological polar surface area (TPSA) is 72.3 Å². The summed E-state index contributed by atoms with van der Waals surface area (Å²) in [5.74, 6) is -0.239. The van der Waals surface area contributed by atoms with Gasteiger partial charge in [0.15, 0.2) is 15.0 Å². The Kier molecular flexibility index (Phi) is 6.45. The Labute approximate surface area is 193 Å². The molecule has 1 atom stereocenters. The molecule has 0 radical (unpaired) electrons. The zero-order chi connectivity index (χ0) is 23.8. The van der Waals surface area contributed by atoms with Gasteiger partial charge in [-0.2, -0.15) is 13.2 Å². The third-order valence-corrected chi connectivity index (χ3v) is 8.41. The highest BCUT2D eigenvalue weighted by Crippen LogP contribution is 2.33. The fraction of sp³-hybridized carbons (Fsp3) is 0.364. The second kappa shape index (κ2) is 9.02. The van der Waals surface area contributed by atoms with Crippen LogP contribution in [-0.2, 0) is 27.4 Å². The minimum absolute atomic E-state index is 0.00269. The van der Waals surface area contributed by atoms with Crippen molar-refractivity contribution in [2.75, 3.05) is 24.3 Å². The normalized spacial score (nSPS) is 18.0. The molecule has 2 aromatic carbocycles. The predicted octanol–water partition coefficient (Wildman–Crippen LogP) is 3.84. The number of carbonyl (C=O) groups is 1. The summed E-state index contributed by atoms with van der Waals surface area (Å²) in [6, 6.07) is 12.5. The largest absolute Gasteiger partial charge is 0.416 e. The number of halogens is 3. The number of benzene rings is 2. The average molecular weight is 498 g/mol. The van der Waals surface area contributed by atoms with E-state index in [4.69, 9.17) is 0 Å². The van der Waals surface area contributed by atoms with E-state index < -0.39 is 21.6 Å². The Morgan fingerprint density at radius 2 is 1.94 bits per heavy atom. The molecule has 0 N–H and O–H groups in total. The van der Waals surface area contributed by atoms with Crippen LogP contribution in [0.1, 0.15) is 17.5 Å². The Balaban J connectivity index is 1.59. The summed E-state index contributed by atoms with van der Waals surface area (Å²) < 4.78 is 64.8. The highest BCUT2D eigenvalue weighted by atomic mass is 32.2. The first-order valence-corrected chi connectivity index (χ1v) is 13.0. The zero-order valence-corrected chi connectivity index (χ0v) is 19.4. The van der Waals surface area contributed by atoms with Crippen molar-refractivity contribution in [2.24, 2.45) is 0 Å². The third kappa shape index (κ3) is 5.35. The monoisotopic (exact) mass is 497 g/mol. The Morgan fingerprint density at radius 1 is 1.21 bits per heavy atom. The molecule has 0 spiro atoms. The number of carbonyl (C=O) groups excluding carboxylic acids is 1. The van der Waals surface area contributed by atoms with Crippen LogP contribution in [0.3, 0.4) is 0 Å². The molecule has 1 aromatic heterocycles. The maximum Gasteiger partial charge on any atom is 0.416 e. The molecule has 3 aromatic rings. The van der Waals surface area contributed by atoms with Crippen molar-refractivity contribution in [3.05, 3.63) is 59.7 Å². The second-order valence-electron chi connectivity index (χ2n) is 8.02. The highest BCUT2D eigenvalue weighted by molar-refractivity contribution is 7.99. The van der Waals surface area contributed by atoms with E-state index in [0.717, 1.165) is 29.5 Å². The molecule has 176 valence electrons. The molecular weight excluding hydrogens is 475 g/mol. The van der Waals surface area contributed by atoms with Gasteiger partial charge in [0.1, 0.15) is 0 Å². The molecule has 4 rings (SSSR count). The number of hydrogen-bond donors (Lipinski definition) is 0. The number of sulfone groups is 1. The van der Waals surface area contributed by atoms with Crippen molar-refractivity contribution in [1.82, 2.24) is 14.5 Å². The van der Waals surface area contributed by atoms with Crippen LogP contribution in [0.5, 0.6) is 0 Å². The number of hydrogen-bond acceptors (Lipinski definition) is 5. The van der Waals surface area contributed by atoms with Crippen LogP contribution in [0.25, 0.3) is 11.0 Å². The summed E-state index contributed by atoms with van der Waals surface area (Å²) in [6.07, 6.45) is -4.08. The van der Waals surface area contributed by atoms with Gasteiger partial charge in [0.25, 0.3) is 0 Å². The number of nitrogens with zero attached hydrogens (tertiary/aromatic N) is 3. The zero-order valence-electron chi connectivity index (χ0n) is 17.7. The summed E-state index contributed by atoms with van der Waals surface area (Å²) in [5, 5.41) is 0.425. The molecule has 1 fully saturated rings. The van der Waals surface area contributed by atoms with E-state index in [1.807, 2.05) is 30.3 Å². The molecule has 0 bridgehead atoms. The molecule has 6 nitrogen and oxygen atoms in total. The van der Waals surface area contributed by atoms with Gasteiger partial charge in [-0.05, 0) is 30.2 Å². The van der Waals surface area contributed by atoms with E-state index in [1.54, 1.807) is 11.6 Å². The van der Waals surface area contributed by atoms with Crippen molar-refractivity contribution >= 4 is 38.5 Å². The van der Waals surface area contributed by atoms with Gasteiger partial charge in [-0.1, -0.05) is 42.1 Å². The third-order valence-electron chi connectivity index (χ3n) is 5.70. The van der Waals surface area contributed by atoms with Crippen molar-refractivity contribution in [3.8, 4) is 0 Å². The van der Waals surface area contributed by atoms with Gasteiger partial charge in [-0.15, -0.1) is 0 Å². The number of thioether (sulfide) groups is 1. The van der Waals surface area contributed by atoms with E-state index >= 15 is 0 Å². The van der Waals surface area contributed by atoms with Crippen molar-refractivity contribution in [3.63, 3.8) is 0 Å². The lowest BCUT2D eigenvalue weighted by atomic mass is 10.2. The van der Waals surface area contributed by atoms with Crippen LogP contribution in [0, 0.1) is 0 Å². The molecule has 1 aliphatic heterocycles. The number of amides is 1. The number of aromatic nitrogens is 2. The summed E-state index contributed by atoms with van der Waals surface area (Å²) in [5.41, 5.74) is 0.898. The van der Waals surface area contributed by atoms with Crippen LogP contribution in [0.15, 0.2) is 53.7 Å². The van der Waals surface area contributed by atoms with E-state index in [-0.39, 0.29) is 34.7 Å². The number of imidazole rings is 1. The molecule has 1 amide bonds. The molecule has 0 aliphatic carbocycles. The van der Waals surface area contributed by atoms with Crippen LogP contribution in [0.4, 0.5) is 13.2 Å². The van der Waals surface area contributed by atoms with E-state index in [0.29, 0.717) is 23.6 Å². The standard InChI is InChI=1S/C22H22F3N3O3S2/c1-27(17-9-10-33(30,31)14-17)20(29)13-32-21-26-18-11-16(22(23,24)25)7-8-19(18)28(21)12-15-5-3-2-4-6-15/h2-8,11,17H,9-10,12-14H2,1H3. The van der Waals surface area contributed by atoms with Gasteiger partial charge in [0, 0.05) is 13.1 Å². The maximum absolute atomic E-state index is 13.2. The van der Waals surface area contributed by atoms with E-state index in [2.05, 4.69) is 4.98 Å². The minimum atomic E-state index is -4.48. The summed E-state index contributed by atoms with van der Waals surface area (Å²) in [6.45, 7) is 0.385. The van der Waals surface area contributed by atoms with Gasteiger partial charge >= 0.3 is 6.18 Å². The van der Waals surface area contributed by atoms with Gasteiger partial charge in [-0.25, -0.2) is 13.4 Å². The number of rotatable bonds is 6. The van der Waals surface area contributed by atoms with Crippen molar-refractivity contribution < 1.29 is 26.4 Å². The van der Waals surface area contributed by atoms with Crippen LogP contribution in [-0.4, -0.2) is 59.1 Å². The summed E-state index contributed by atoms with van der Waals surface area (Å²) >= 11 is 1.13. The molecule has 11 heteroatoms. The lowest BCUT2D eigenvalue weighted by Crippen LogP contribution is -2.38. The first-order chi connectivity index (χ1) is 15.5. The lowest BCUT2D eigenvalue weighted by molar-refractivity contribution is -0.137. The predicted molar refractivity (Wildman–Crippen MR) is 121 cm³/mol. The van der Waals surface area contributed by atoms with Gasteiger partial charge in [0.05, 0.1) is 40.4 Å². The molecule has 33 heavy (non-hydrogen) atoms. The first-order valence-electron chi connectivity index (χ1n) is 10.2. The maximum atomic E-state index is 13.2. The van der Waals surface area contributed by atoms with E-state index in [9.17, 15) is 26.4 Å². The molecular formula is C22H22F3N3O3S2. The highest BCUT2D eigenvalue weighted by Gasteiger charge is 2.33. The molecule has 1 saturated heterocycles. The molecule has 1 aliphatic rings.